The smallest absolute Gasteiger partial charge is 0.253 e. The number of imidazole rings is 1. The van der Waals surface area contributed by atoms with Gasteiger partial charge in [0.05, 0.1) is 6.61 Å². The second kappa shape index (κ2) is 12.2. The van der Waals surface area contributed by atoms with Gasteiger partial charge in [-0.1, -0.05) is 32.9 Å². The summed E-state index contributed by atoms with van der Waals surface area (Å²) in [4.78, 5) is 43.0. The highest BCUT2D eigenvalue weighted by Crippen LogP contribution is 2.24. The minimum Gasteiger partial charge on any atom is -0.395 e. The van der Waals surface area contributed by atoms with Crippen LogP contribution in [0.25, 0.3) is 5.78 Å². The molecule has 1 fully saturated rings. The molecule has 3 N–H and O–H groups in total. The fraction of sp³-hybridized carbons (Fsp3) is 0.387. The van der Waals surface area contributed by atoms with Gasteiger partial charge in [-0.3, -0.25) is 14.0 Å². The third-order valence-corrected chi connectivity index (χ3v) is 7.48. The standard InChI is InChI=1S/C31H38N8O3/c1-31(2,3)23-11-7-21(8-12-23)26(41)33-25-6-5-16-38(20-25)29-35-28-32-15-17-39(28)30(36-29)34-24-13-9-22(10-14-24)27(42)37(4)18-19-40/h7-15,17,25,40H,5-6,16,18-20H2,1-4H3,(H,33,41)(H,32,34,35,36). The Bertz CT molecular complexity index is 1540. The monoisotopic (exact) mass is 570 g/mol. The van der Waals surface area contributed by atoms with E-state index < -0.39 is 0 Å². The highest BCUT2D eigenvalue weighted by Gasteiger charge is 2.25. The van der Waals surface area contributed by atoms with Crippen molar-refractivity contribution >= 4 is 35.2 Å². The Labute approximate surface area is 245 Å². The first kappa shape index (κ1) is 29.0. The Morgan fingerprint density at radius 3 is 2.45 bits per heavy atom. The van der Waals surface area contributed by atoms with E-state index in [2.05, 4.69) is 46.3 Å². The molecule has 5 rings (SSSR count). The van der Waals surface area contributed by atoms with E-state index in [0.717, 1.165) is 25.1 Å². The van der Waals surface area contributed by atoms with Gasteiger partial charge in [-0.2, -0.15) is 9.97 Å². The first-order valence-electron chi connectivity index (χ1n) is 14.2. The lowest BCUT2D eigenvalue weighted by Gasteiger charge is -2.33. The quantitative estimate of drug-likeness (QED) is 0.293. The molecule has 1 aliphatic rings. The van der Waals surface area contributed by atoms with Crippen molar-refractivity contribution < 1.29 is 14.7 Å². The number of aliphatic hydroxyl groups is 1. The number of amides is 2. The van der Waals surface area contributed by atoms with Crippen molar-refractivity contribution in [3.63, 3.8) is 0 Å². The van der Waals surface area contributed by atoms with Crippen LogP contribution in [0.3, 0.4) is 0 Å². The number of carbonyl (C=O) groups excluding carboxylic acids is 2. The van der Waals surface area contributed by atoms with Crippen LogP contribution < -0.4 is 15.5 Å². The molecule has 0 aliphatic carbocycles. The lowest BCUT2D eigenvalue weighted by Crippen LogP contribution is -2.48. The predicted octanol–water partition coefficient (Wildman–Crippen LogP) is 3.63. The van der Waals surface area contributed by atoms with Crippen molar-refractivity contribution in [1.82, 2.24) is 29.6 Å². The minimum absolute atomic E-state index is 0.0304. The van der Waals surface area contributed by atoms with Crippen LogP contribution in [-0.2, 0) is 5.41 Å². The Morgan fingerprint density at radius 1 is 1.05 bits per heavy atom. The largest absolute Gasteiger partial charge is 0.395 e. The van der Waals surface area contributed by atoms with E-state index in [1.807, 2.05) is 36.4 Å². The van der Waals surface area contributed by atoms with E-state index in [0.29, 0.717) is 35.3 Å². The van der Waals surface area contributed by atoms with Gasteiger partial charge in [0.1, 0.15) is 0 Å². The number of piperidine rings is 1. The van der Waals surface area contributed by atoms with E-state index in [1.165, 1.54) is 10.5 Å². The second-order valence-electron chi connectivity index (χ2n) is 11.7. The van der Waals surface area contributed by atoms with Crippen LogP contribution in [0.5, 0.6) is 0 Å². The SMILES string of the molecule is CN(CCO)C(=O)c1ccc(Nc2nc(N3CCCC(NC(=O)c4ccc(C(C)(C)C)cc4)C3)nc3nccn23)cc1. The molecule has 2 amide bonds. The molecule has 220 valence electrons. The summed E-state index contributed by atoms with van der Waals surface area (Å²) in [7, 11) is 1.66. The summed E-state index contributed by atoms with van der Waals surface area (Å²) < 4.78 is 1.77. The number of carbonyl (C=O) groups is 2. The average molecular weight is 571 g/mol. The Balaban J connectivity index is 1.29. The van der Waals surface area contributed by atoms with Gasteiger partial charge < -0.3 is 25.5 Å². The van der Waals surface area contributed by atoms with Gasteiger partial charge in [-0.15, -0.1) is 0 Å². The van der Waals surface area contributed by atoms with Crippen molar-refractivity contribution in [2.75, 3.05) is 43.5 Å². The van der Waals surface area contributed by atoms with Gasteiger partial charge in [-0.05, 0) is 60.2 Å². The zero-order valence-corrected chi connectivity index (χ0v) is 24.5. The number of rotatable bonds is 8. The molecule has 1 atom stereocenters. The van der Waals surface area contributed by atoms with Crippen LogP contribution >= 0.6 is 0 Å². The molecule has 11 heteroatoms. The lowest BCUT2D eigenvalue weighted by atomic mass is 9.86. The first-order chi connectivity index (χ1) is 20.1. The van der Waals surface area contributed by atoms with E-state index in [1.54, 1.807) is 36.0 Å². The number of fused-ring (bicyclic) bond motifs is 1. The third-order valence-electron chi connectivity index (χ3n) is 7.48. The van der Waals surface area contributed by atoms with Crippen molar-refractivity contribution in [3.05, 3.63) is 77.6 Å². The molecule has 2 aromatic heterocycles. The van der Waals surface area contributed by atoms with Crippen LogP contribution in [0.1, 0.15) is 59.9 Å². The fourth-order valence-electron chi connectivity index (χ4n) is 5.00. The summed E-state index contributed by atoms with van der Waals surface area (Å²) in [6, 6.07) is 14.9. The van der Waals surface area contributed by atoms with E-state index >= 15 is 0 Å². The molecular formula is C31H38N8O3. The average Bonchev–Trinajstić information content (AvgIpc) is 3.46. The minimum atomic E-state index is -0.161. The maximum atomic E-state index is 13.0. The zero-order valence-electron chi connectivity index (χ0n) is 24.5. The molecule has 0 radical (unpaired) electrons. The van der Waals surface area contributed by atoms with Gasteiger partial charge in [0.2, 0.25) is 17.7 Å². The van der Waals surface area contributed by atoms with Gasteiger partial charge in [0, 0.05) is 61.9 Å². The Morgan fingerprint density at radius 2 is 1.76 bits per heavy atom. The summed E-state index contributed by atoms with van der Waals surface area (Å²) in [5.74, 6) is 1.32. The molecule has 1 unspecified atom stereocenters. The molecule has 1 saturated heterocycles. The van der Waals surface area contributed by atoms with Crippen LogP contribution in [0, 0.1) is 0 Å². The van der Waals surface area contributed by atoms with Crippen LogP contribution in [0.2, 0.25) is 0 Å². The van der Waals surface area contributed by atoms with E-state index in [9.17, 15) is 9.59 Å². The third kappa shape index (κ3) is 6.52. The highest BCUT2D eigenvalue weighted by atomic mass is 16.3. The van der Waals surface area contributed by atoms with Crippen molar-refractivity contribution in [3.8, 4) is 0 Å². The van der Waals surface area contributed by atoms with E-state index in [4.69, 9.17) is 10.1 Å². The Kier molecular flexibility index (Phi) is 8.39. The maximum absolute atomic E-state index is 13.0. The number of nitrogens with one attached hydrogen (secondary N) is 2. The summed E-state index contributed by atoms with van der Waals surface area (Å²) in [5.41, 5.74) is 3.14. The molecule has 2 aromatic carbocycles. The van der Waals surface area contributed by atoms with Crippen LogP contribution in [-0.4, -0.2) is 80.5 Å². The summed E-state index contributed by atoms with van der Waals surface area (Å²) >= 11 is 0. The molecule has 3 heterocycles. The number of aromatic nitrogens is 4. The number of likely N-dealkylation sites (N-methyl/N-ethyl adjacent to an activating group) is 1. The number of anilines is 3. The summed E-state index contributed by atoms with van der Waals surface area (Å²) in [6.45, 7) is 7.99. The van der Waals surface area contributed by atoms with Gasteiger partial charge in [0.15, 0.2) is 0 Å². The number of hydrogen-bond donors (Lipinski definition) is 3. The summed E-state index contributed by atoms with van der Waals surface area (Å²) in [5, 5.41) is 15.6. The number of aliphatic hydroxyl groups excluding tert-OH is 1. The highest BCUT2D eigenvalue weighted by molar-refractivity contribution is 5.95. The molecule has 1 aliphatic heterocycles. The molecule has 0 bridgehead atoms. The number of benzene rings is 2. The zero-order chi connectivity index (χ0) is 29.9. The van der Waals surface area contributed by atoms with Crippen LogP contribution in [0.4, 0.5) is 17.6 Å². The predicted molar refractivity (Wildman–Crippen MR) is 162 cm³/mol. The van der Waals surface area contributed by atoms with Crippen molar-refractivity contribution in [2.45, 2.75) is 45.1 Å². The number of hydrogen-bond acceptors (Lipinski definition) is 8. The van der Waals surface area contributed by atoms with Crippen molar-refractivity contribution in [1.29, 1.82) is 0 Å². The summed E-state index contributed by atoms with van der Waals surface area (Å²) in [6.07, 6.45) is 5.22. The topological polar surface area (TPSA) is 128 Å². The van der Waals surface area contributed by atoms with E-state index in [-0.39, 0.29) is 36.4 Å². The molecule has 11 nitrogen and oxygen atoms in total. The normalized spacial score (nSPS) is 15.5. The van der Waals surface area contributed by atoms with Gasteiger partial charge >= 0.3 is 0 Å². The van der Waals surface area contributed by atoms with Crippen LogP contribution in [0.15, 0.2) is 60.9 Å². The first-order valence-corrected chi connectivity index (χ1v) is 14.2. The molecule has 0 spiro atoms. The maximum Gasteiger partial charge on any atom is 0.253 e. The Hall–Kier alpha value is -4.51. The molecule has 42 heavy (non-hydrogen) atoms. The van der Waals surface area contributed by atoms with Gasteiger partial charge in [-0.25, -0.2) is 4.98 Å². The molecular weight excluding hydrogens is 532 g/mol. The molecule has 0 saturated carbocycles. The fourth-order valence-corrected chi connectivity index (χ4v) is 5.00. The van der Waals surface area contributed by atoms with Crippen molar-refractivity contribution in [2.24, 2.45) is 0 Å². The number of nitrogens with zero attached hydrogens (tertiary/aromatic N) is 6. The molecule has 4 aromatic rings. The second-order valence-corrected chi connectivity index (χ2v) is 11.7. The van der Waals surface area contributed by atoms with Gasteiger partial charge in [0.25, 0.3) is 11.8 Å². The lowest BCUT2D eigenvalue weighted by molar-refractivity contribution is 0.0766.